The average molecular weight is 1530 g/mol. The molecule has 0 rings (SSSR count). The zero-order chi connectivity index (χ0) is 88.9. The molecule has 0 fully saturated rings. The SMILES string of the molecule is [C-]#[N+]CC(C#N)CC#N.[C-]#[N+]CC(C#N)CCC#N.[C-]#[N+]CC(C#N)CCCC#N.[C-]#[N+]CC(C#N)CCCCC#N.[C-]#[N+]CCC#N.[C-]#[N+]CCC(C#N)C#N.[C-]#[N+]CCC(C#N)CC#N.[C-]#[N+]CCC(C#N)CCC#N.[C-]#[N+]CCC(C#N)CCCC#N.[C-]#[N+]CCCC#N.[C-]#[N+]CCCCC#N.[C-]#[N+]CCCCCC#N. The van der Waals surface area contributed by atoms with Crippen molar-refractivity contribution >= 4 is 0 Å². The van der Waals surface area contributed by atoms with Gasteiger partial charge in [0.25, 0.3) is 0 Å². The molecule has 0 saturated heterocycles. The van der Waals surface area contributed by atoms with Crippen LogP contribution in [0.25, 0.3) is 58.1 Å². The third kappa shape index (κ3) is 142. The average Bonchev–Trinajstić information content (AvgIpc) is 1.86. The first-order valence-corrected chi connectivity index (χ1v) is 35.1. The van der Waals surface area contributed by atoms with Crippen molar-refractivity contribution < 1.29 is 0 Å². The first-order valence-electron chi connectivity index (χ1n) is 35.1. The van der Waals surface area contributed by atoms with Gasteiger partial charge < -0.3 is 58.1 Å². The fraction of sp³-hybridized carbons (Fsp3) is 0.610. The Morgan fingerprint density at radius 1 is 0.167 bits per heavy atom. The molecule has 0 aliphatic carbocycles. The van der Waals surface area contributed by atoms with E-state index < -0.39 is 11.8 Å². The van der Waals surface area contributed by atoms with E-state index in [0.717, 1.165) is 77.0 Å². The molecule has 0 radical (unpaired) electrons. The molecule has 0 heterocycles. The number of rotatable bonds is 38. The number of nitriles is 20. The van der Waals surface area contributed by atoms with E-state index in [1.54, 1.807) is 12.1 Å². The lowest BCUT2D eigenvalue weighted by atomic mass is 10.0. The van der Waals surface area contributed by atoms with Crippen molar-refractivity contribution in [3.63, 3.8) is 0 Å². The van der Waals surface area contributed by atoms with Gasteiger partial charge in [0.05, 0.1) is 152 Å². The van der Waals surface area contributed by atoms with Crippen molar-refractivity contribution in [3.8, 4) is 121 Å². The van der Waals surface area contributed by atoms with E-state index in [1.807, 2.05) is 85.0 Å². The van der Waals surface area contributed by atoms with E-state index in [9.17, 15) is 0 Å². The summed E-state index contributed by atoms with van der Waals surface area (Å²) >= 11 is 0. The number of nitrogens with zero attached hydrogens (tertiary/aromatic N) is 32. The van der Waals surface area contributed by atoms with Gasteiger partial charge >= 0.3 is 0 Å². The van der Waals surface area contributed by atoms with Crippen LogP contribution in [-0.2, 0) is 0 Å². The summed E-state index contributed by atoms with van der Waals surface area (Å²) < 4.78 is 0. The highest BCUT2D eigenvalue weighted by atomic mass is 14.7. The highest BCUT2D eigenvalue weighted by Crippen LogP contribution is 2.13. The lowest BCUT2D eigenvalue weighted by Crippen LogP contribution is -1.99. The van der Waals surface area contributed by atoms with Gasteiger partial charge in [0.2, 0.25) is 78.5 Å². The van der Waals surface area contributed by atoms with Gasteiger partial charge in [-0.05, 0) is 70.6 Å². The summed E-state index contributed by atoms with van der Waals surface area (Å²) in [6, 6.07) is 39.4. The number of unbranched alkanes of at least 4 members (excludes halogenated alkanes) is 10. The third-order valence-corrected chi connectivity index (χ3v) is 12.6. The molecule has 7 atom stereocenters. The molecule has 0 aromatic heterocycles. The maximum Gasteiger partial charge on any atom is 0.231 e. The van der Waals surface area contributed by atoms with Crippen LogP contribution in [0.5, 0.6) is 0 Å². The molecular weight excluding hydrogens is 1430 g/mol. The molecule has 0 aliphatic heterocycles. The van der Waals surface area contributed by atoms with Gasteiger partial charge in [-0.25, -0.2) is 78.9 Å². The van der Waals surface area contributed by atoms with Crippen molar-refractivity contribution in [2.45, 2.75) is 193 Å². The molecule has 0 aromatic rings. The molecule has 0 N–H and O–H groups in total. The largest absolute Gasteiger partial charge is 0.317 e. The monoisotopic (exact) mass is 1520 g/mol. The van der Waals surface area contributed by atoms with Crippen LogP contribution in [0.4, 0.5) is 0 Å². The molecule has 0 spiro atoms. The van der Waals surface area contributed by atoms with Gasteiger partial charge in [-0.15, -0.1) is 0 Å². The molecular formula is C82H92N32. The summed E-state index contributed by atoms with van der Waals surface area (Å²) in [7, 11) is 0. The predicted molar refractivity (Wildman–Crippen MR) is 416 cm³/mol. The van der Waals surface area contributed by atoms with Crippen LogP contribution in [-0.4, -0.2) is 78.5 Å². The molecule has 32 nitrogen and oxygen atoms in total. The molecule has 0 aliphatic rings. The van der Waals surface area contributed by atoms with Gasteiger partial charge in [0.15, 0.2) is 0 Å². The summed E-state index contributed by atoms with van der Waals surface area (Å²) in [6.07, 6.45) is 18.9. The Hall–Kier alpha value is -16.3. The minimum atomic E-state index is -0.598. The van der Waals surface area contributed by atoms with Gasteiger partial charge in [-0.1, -0.05) is 6.42 Å². The van der Waals surface area contributed by atoms with Crippen LogP contribution in [0.1, 0.15) is 193 Å². The van der Waals surface area contributed by atoms with Gasteiger partial charge in [0, 0.05) is 96.3 Å². The van der Waals surface area contributed by atoms with Gasteiger partial charge in [-0.2, -0.15) is 105 Å². The van der Waals surface area contributed by atoms with E-state index in [2.05, 4.69) is 82.4 Å². The fourth-order valence-corrected chi connectivity index (χ4v) is 6.41. The Kier molecular flexibility index (Phi) is 145. The quantitative estimate of drug-likeness (QED) is 0.0409. The summed E-state index contributed by atoms with van der Waals surface area (Å²) in [5.41, 5.74) is 0. The Bertz CT molecular complexity index is 3770. The van der Waals surface area contributed by atoms with Crippen molar-refractivity contribution in [2.24, 2.45) is 47.3 Å². The maximum absolute atomic E-state index is 8.62. The summed E-state index contributed by atoms with van der Waals surface area (Å²) in [5, 5.41) is 165. The molecule has 114 heavy (non-hydrogen) atoms. The Morgan fingerprint density at radius 2 is 0.421 bits per heavy atom. The number of hydrogen-bond acceptors (Lipinski definition) is 20. The zero-order valence-corrected chi connectivity index (χ0v) is 64.6. The van der Waals surface area contributed by atoms with Crippen molar-refractivity contribution in [1.82, 2.24) is 0 Å². The Labute approximate surface area is 678 Å². The first kappa shape index (κ1) is 124. The topological polar surface area (TPSA) is 528 Å². The van der Waals surface area contributed by atoms with Crippen LogP contribution < -0.4 is 0 Å². The van der Waals surface area contributed by atoms with Crippen LogP contribution in [0.15, 0.2) is 0 Å². The lowest BCUT2D eigenvalue weighted by Gasteiger charge is -2.01. The summed E-state index contributed by atoms with van der Waals surface area (Å²) in [5.74, 6) is -1.96. The third-order valence-electron chi connectivity index (χ3n) is 12.6. The van der Waals surface area contributed by atoms with E-state index in [0.29, 0.717) is 155 Å². The van der Waals surface area contributed by atoms with Crippen LogP contribution in [0.2, 0.25) is 0 Å². The van der Waals surface area contributed by atoms with Crippen molar-refractivity contribution in [3.05, 3.63) is 137 Å². The van der Waals surface area contributed by atoms with Crippen LogP contribution >= 0.6 is 0 Å². The molecule has 0 aromatic carbocycles. The fourth-order valence-electron chi connectivity index (χ4n) is 6.41. The van der Waals surface area contributed by atoms with Crippen LogP contribution in [0, 0.1) is 353 Å². The van der Waals surface area contributed by atoms with Crippen molar-refractivity contribution in [2.75, 3.05) is 78.5 Å². The molecule has 0 saturated carbocycles. The molecule has 0 bridgehead atoms. The predicted octanol–water partition coefficient (Wildman–Crippen LogP) is 18.0. The van der Waals surface area contributed by atoms with Gasteiger partial charge in [-0.3, -0.25) is 0 Å². The maximum atomic E-state index is 8.62. The van der Waals surface area contributed by atoms with Crippen molar-refractivity contribution in [1.29, 1.82) is 105 Å². The van der Waals surface area contributed by atoms with Gasteiger partial charge in [0.1, 0.15) is 36.0 Å². The molecule has 7 unspecified atom stereocenters. The summed E-state index contributed by atoms with van der Waals surface area (Å²) in [6.45, 7) is 81.5. The molecule has 580 valence electrons. The first-order chi connectivity index (χ1) is 55.4. The van der Waals surface area contributed by atoms with E-state index in [4.69, 9.17) is 184 Å². The van der Waals surface area contributed by atoms with E-state index >= 15 is 0 Å². The highest BCUT2D eigenvalue weighted by molar-refractivity contribution is 5.00. The second-order valence-corrected chi connectivity index (χ2v) is 21.5. The lowest BCUT2D eigenvalue weighted by molar-refractivity contribution is 0.556. The normalized spacial score (nSPS) is 9.38. The number of hydrogen-bond donors (Lipinski definition) is 0. The Morgan fingerprint density at radius 3 is 0.746 bits per heavy atom. The van der Waals surface area contributed by atoms with E-state index in [1.165, 1.54) is 0 Å². The highest BCUT2D eigenvalue weighted by Gasteiger charge is 2.13. The van der Waals surface area contributed by atoms with E-state index in [-0.39, 0.29) is 74.5 Å². The Balaban J connectivity index is -0.0000001000. The summed E-state index contributed by atoms with van der Waals surface area (Å²) in [4.78, 5) is 37.2. The zero-order valence-electron chi connectivity index (χ0n) is 64.6. The second kappa shape index (κ2) is 133. The second-order valence-electron chi connectivity index (χ2n) is 21.5. The standard InChI is InChI=1S/2C9H11N3.2C8H9N3.2C7H7N3.C7H10N2.2C6H5N3.C6H8N2.C5H6N2.C4H4N2/c1-12-7-5-9(8-11)4-2-3-6-10;1-12-8-9(7-11)5-3-2-4-6-10;1-11-6-4-8(7-10)3-2-5-9;1-11-7-8(6-10)4-2-3-5-9;1-10-5-3-7(6-9)2-4-8;1-10-6-7(5-9)3-2-4-8;1-9-7-5-3-2-4-6-8;1-9-3-2-6(4-7)5-8;1-9-5-6(4-8)2-3-7;1-8-6-4-2-3-5-7;1-7-5-3-2-4-6;1-6-4-2-3-5/h9H,2-5,7H2;9H,2-5,8H2;8H,2-4,6H2;8H,2-4,7H2;7H,2-3,5H2;7H,2-3,6H2;2-5,7H2;6H,2-3H2;6H,2,5H2;2-4,6H2;2-3,5H2;2,4H2. The minimum Gasteiger partial charge on any atom is -0.317 e. The van der Waals surface area contributed by atoms with Crippen LogP contribution in [0.3, 0.4) is 0 Å². The minimum absolute atomic E-state index is 0.0348. The smallest absolute Gasteiger partial charge is 0.231 e. The molecule has 0 amide bonds. The molecule has 32 heteroatoms.